The van der Waals surface area contributed by atoms with Gasteiger partial charge in [-0.2, -0.15) is 8.42 Å². The summed E-state index contributed by atoms with van der Waals surface area (Å²) in [5.41, 5.74) is 0.773. The van der Waals surface area contributed by atoms with Crippen LogP contribution >= 0.6 is 0 Å². The number of aromatic carboxylic acids is 1. The molecule has 2 aromatic rings. The number of aromatic hydroxyl groups is 1. The van der Waals surface area contributed by atoms with E-state index in [9.17, 15) is 18.3 Å². The molecule has 0 bridgehead atoms. The van der Waals surface area contributed by atoms with Crippen LogP contribution in [-0.4, -0.2) is 24.6 Å². The second kappa shape index (κ2) is 4.89. The number of hydrogen-bond acceptors (Lipinski definition) is 5. The van der Waals surface area contributed by atoms with Crippen molar-refractivity contribution in [2.75, 3.05) is 4.72 Å². The molecule has 0 unspecified atom stereocenters. The minimum atomic E-state index is -4.02. The summed E-state index contributed by atoms with van der Waals surface area (Å²) in [5, 5.41) is 17.4. The van der Waals surface area contributed by atoms with Gasteiger partial charge in [0, 0.05) is 0 Å². The molecule has 0 aliphatic carbocycles. The zero-order valence-electron chi connectivity index (χ0n) is 10.3. The molecule has 0 amide bonds. The maximum absolute atomic E-state index is 12.0. The van der Waals surface area contributed by atoms with Crippen LogP contribution < -0.4 is 4.72 Å². The van der Waals surface area contributed by atoms with E-state index in [0.717, 1.165) is 12.1 Å². The van der Waals surface area contributed by atoms with E-state index in [4.69, 9.17) is 9.52 Å². The Hall–Kier alpha value is -2.48. The minimum absolute atomic E-state index is 0.0108. The number of sulfonamides is 1. The lowest BCUT2D eigenvalue weighted by Gasteiger charge is -2.08. The number of phenols is 1. The summed E-state index contributed by atoms with van der Waals surface area (Å²) in [7, 11) is -4.02. The lowest BCUT2D eigenvalue weighted by Crippen LogP contribution is -2.13. The largest absolute Gasteiger partial charge is 0.508 e. The molecule has 3 N–H and O–H groups in total. The third-order valence-corrected chi connectivity index (χ3v) is 3.75. The summed E-state index contributed by atoms with van der Waals surface area (Å²) in [6, 6.07) is 6.23. The van der Waals surface area contributed by atoms with Crippen molar-refractivity contribution in [2.24, 2.45) is 0 Å². The van der Waals surface area contributed by atoms with E-state index in [-0.39, 0.29) is 11.4 Å². The van der Waals surface area contributed by atoms with Crippen LogP contribution in [0.2, 0.25) is 0 Å². The van der Waals surface area contributed by atoms with Gasteiger partial charge in [-0.05, 0) is 42.8 Å². The van der Waals surface area contributed by atoms with Crippen LogP contribution in [0.4, 0.5) is 5.69 Å². The first-order chi connectivity index (χ1) is 9.29. The van der Waals surface area contributed by atoms with Crippen molar-refractivity contribution < 1.29 is 27.8 Å². The Morgan fingerprint density at radius 3 is 2.50 bits per heavy atom. The Morgan fingerprint density at radius 1 is 1.25 bits per heavy atom. The molecule has 0 aliphatic heterocycles. The van der Waals surface area contributed by atoms with Gasteiger partial charge in [-0.25, -0.2) is 4.79 Å². The summed E-state index contributed by atoms with van der Waals surface area (Å²) in [6.07, 6.45) is 0. The number of hydrogen-bond donors (Lipinski definition) is 3. The fourth-order valence-electron chi connectivity index (χ4n) is 1.54. The van der Waals surface area contributed by atoms with E-state index in [1.54, 1.807) is 6.92 Å². The number of carboxylic acid groups (broad SMARTS) is 1. The van der Waals surface area contributed by atoms with Crippen molar-refractivity contribution in [1.82, 2.24) is 0 Å². The highest BCUT2D eigenvalue weighted by Crippen LogP contribution is 2.24. The highest BCUT2D eigenvalue weighted by molar-refractivity contribution is 7.92. The van der Waals surface area contributed by atoms with Crippen molar-refractivity contribution in [3.8, 4) is 5.75 Å². The van der Waals surface area contributed by atoms with E-state index in [1.807, 2.05) is 0 Å². The normalized spacial score (nSPS) is 11.2. The average Bonchev–Trinajstić information content (AvgIpc) is 2.83. The van der Waals surface area contributed by atoms with Gasteiger partial charge in [0.05, 0.1) is 5.69 Å². The molecule has 7 nitrogen and oxygen atoms in total. The van der Waals surface area contributed by atoms with Gasteiger partial charge in [0.15, 0.2) is 0 Å². The van der Waals surface area contributed by atoms with Gasteiger partial charge in [0.2, 0.25) is 10.9 Å². The molecule has 0 radical (unpaired) electrons. The Morgan fingerprint density at radius 2 is 1.95 bits per heavy atom. The van der Waals surface area contributed by atoms with Gasteiger partial charge in [-0.3, -0.25) is 4.72 Å². The number of nitrogens with one attached hydrogen (secondary N) is 1. The van der Waals surface area contributed by atoms with Crippen LogP contribution in [0, 0.1) is 6.92 Å². The third kappa shape index (κ3) is 2.75. The summed E-state index contributed by atoms with van der Waals surface area (Å²) < 4.78 is 31.0. The average molecular weight is 297 g/mol. The Balaban J connectivity index is 2.33. The molecule has 106 valence electrons. The number of carbonyl (C=O) groups is 1. The topological polar surface area (TPSA) is 117 Å². The van der Waals surface area contributed by atoms with E-state index in [1.165, 1.54) is 18.2 Å². The molecule has 8 heteroatoms. The lowest BCUT2D eigenvalue weighted by molar-refractivity contribution is 0.0656. The van der Waals surface area contributed by atoms with Crippen LogP contribution in [-0.2, 0) is 10.0 Å². The number of aryl methyl sites for hydroxylation is 1. The highest BCUT2D eigenvalue weighted by Gasteiger charge is 2.21. The highest BCUT2D eigenvalue weighted by atomic mass is 32.2. The van der Waals surface area contributed by atoms with E-state index in [2.05, 4.69) is 4.72 Å². The quantitative estimate of drug-likeness (QED) is 0.741. The Labute approximate surface area is 114 Å². The molecule has 20 heavy (non-hydrogen) atoms. The number of carboxylic acids is 1. The number of rotatable bonds is 4. The SMILES string of the molecule is Cc1cc(O)ccc1NS(=O)(=O)c1ccc(C(=O)O)o1. The van der Waals surface area contributed by atoms with Gasteiger partial charge in [0.1, 0.15) is 5.75 Å². The number of furan rings is 1. The number of benzene rings is 1. The van der Waals surface area contributed by atoms with Crippen molar-refractivity contribution in [3.05, 3.63) is 41.7 Å². The van der Waals surface area contributed by atoms with Gasteiger partial charge in [-0.1, -0.05) is 0 Å². The van der Waals surface area contributed by atoms with Crippen LogP contribution in [0.15, 0.2) is 39.8 Å². The van der Waals surface area contributed by atoms with E-state index >= 15 is 0 Å². The standard InChI is InChI=1S/C12H11NO6S/c1-7-6-8(14)2-3-9(7)13-20(17,18)11-5-4-10(19-11)12(15)16/h2-6,13-14H,1H3,(H,15,16). The predicted octanol–water partition coefficient (Wildman–Crippen LogP) is 1.79. The Kier molecular flexibility index (Phi) is 3.41. The molecule has 0 atom stereocenters. The van der Waals surface area contributed by atoms with Crippen LogP contribution in [0.3, 0.4) is 0 Å². The van der Waals surface area contributed by atoms with Crippen molar-refractivity contribution in [3.63, 3.8) is 0 Å². The molecule has 0 saturated carbocycles. The molecule has 1 aromatic heterocycles. The minimum Gasteiger partial charge on any atom is -0.508 e. The van der Waals surface area contributed by atoms with E-state index < -0.39 is 26.8 Å². The monoisotopic (exact) mass is 297 g/mol. The fraction of sp³-hybridized carbons (Fsp3) is 0.0833. The first-order valence-electron chi connectivity index (χ1n) is 5.45. The van der Waals surface area contributed by atoms with Gasteiger partial charge >= 0.3 is 5.97 Å². The number of anilines is 1. The smallest absolute Gasteiger partial charge is 0.371 e. The molecule has 0 spiro atoms. The molecular weight excluding hydrogens is 286 g/mol. The Bertz CT molecular complexity index is 762. The van der Waals surface area contributed by atoms with Crippen molar-refractivity contribution in [1.29, 1.82) is 0 Å². The maximum Gasteiger partial charge on any atom is 0.371 e. The summed E-state index contributed by atoms with van der Waals surface area (Å²) in [5.74, 6) is -1.81. The van der Waals surface area contributed by atoms with Crippen LogP contribution in [0.5, 0.6) is 5.75 Å². The fourth-order valence-corrected chi connectivity index (χ4v) is 2.60. The van der Waals surface area contributed by atoms with E-state index in [0.29, 0.717) is 5.56 Å². The second-order valence-corrected chi connectivity index (χ2v) is 5.64. The predicted molar refractivity (Wildman–Crippen MR) is 69.3 cm³/mol. The van der Waals surface area contributed by atoms with Crippen LogP contribution in [0.1, 0.15) is 16.1 Å². The molecular formula is C12H11NO6S. The summed E-state index contributed by atoms with van der Waals surface area (Å²) in [4.78, 5) is 10.7. The first-order valence-corrected chi connectivity index (χ1v) is 6.93. The molecule has 0 fully saturated rings. The molecule has 2 rings (SSSR count). The van der Waals surface area contributed by atoms with Gasteiger partial charge in [-0.15, -0.1) is 0 Å². The zero-order chi connectivity index (χ0) is 14.9. The third-order valence-electron chi connectivity index (χ3n) is 2.51. The summed E-state index contributed by atoms with van der Waals surface area (Å²) in [6.45, 7) is 1.61. The van der Waals surface area contributed by atoms with Crippen molar-refractivity contribution in [2.45, 2.75) is 12.0 Å². The first kappa shape index (κ1) is 13.9. The van der Waals surface area contributed by atoms with Crippen LogP contribution in [0.25, 0.3) is 0 Å². The lowest BCUT2D eigenvalue weighted by atomic mass is 10.2. The maximum atomic E-state index is 12.0. The van der Waals surface area contributed by atoms with Crippen molar-refractivity contribution >= 4 is 21.7 Å². The molecule has 1 heterocycles. The van der Waals surface area contributed by atoms with Gasteiger partial charge < -0.3 is 14.6 Å². The zero-order valence-corrected chi connectivity index (χ0v) is 11.1. The summed E-state index contributed by atoms with van der Waals surface area (Å²) >= 11 is 0. The molecule has 1 aromatic carbocycles. The molecule has 0 aliphatic rings. The number of phenolic OH excluding ortho intramolecular Hbond substituents is 1. The second-order valence-electron chi connectivity index (χ2n) is 4.03. The molecule has 0 saturated heterocycles. The van der Waals surface area contributed by atoms with Gasteiger partial charge in [0.25, 0.3) is 10.0 Å².